The van der Waals surface area contributed by atoms with E-state index >= 15 is 0 Å². The maximum atomic E-state index is 12.3. The summed E-state index contributed by atoms with van der Waals surface area (Å²) in [6.07, 6.45) is 0.484. The second-order valence-corrected chi connectivity index (χ2v) is 7.86. The minimum absolute atomic E-state index is 0.0318. The van der Waals surface area contributed by atoms with Crippen molar-refractivity contribution in [2.24, 2.45) is 5.14 Å². The summed E-state index contributed by atoms with van der Waals surface area (Å²) in [5, 5.41) is 8.18. The van der Waals surface area contributed by atoms with Gasteiger partial charge in [-0.2, -0.15) is 0 Å². The Balaban J connectivity index is 1.56. The van der Waals surface area contributed by atoms with Gasteiger partial charge in [0.1, 0.15) is 0 Å². The Hall–Kier alpha value is -2.42. The van der Waals surface area contributed by atoms with Crippen molar-refractivity contribution in [3.63, 3.8) is 0 Å². The molecular weight excluding hydrogens is 378 g/mol. The molecule has 2 aromatic carbocycles. The zero-order valence-electron chi connectivity index (χ0n) is 13.6. The second-order valence-electron chi connectivity index (χ2n) is 5.86. The molecule has 1 heterocycles. The summed E-state index contributed by atoms with van der Waals surface area (Å²) >= 11 is 5.89. The van der Waals surface area contributed by atoms with E-state index in [-0.39, 0.29) is 17.3 Å². The highest BCUT2D eigenvalue weighted by Gasteiger charge is 2.31. The van der Waals surface area contributed by atoms with E-state index in [4.69, 9.17) is 16.7 Å². The molecule has 1 aliphatic heterocycles. The number of primary sulfonamides is 1. The minimum Gasteiger partial charge on any atom is -0.337 e. The lowest BCUT2D eigenvalue weighted by atomic mass is 10.1. The van der Waals surface area contributed by atoms with Gasteiger partial charge in [0.25, 0.3) is 5.91 Å². The van der Waals surface area contributed by atoms with E-state index in [9.17, 15) is 18.0 Å². The van der Waals surface area contributed by atoms with Gasteiger partial charge in [0, 0.05) is 17.1 Å². The summed E-state index contributed by atoms with van der Waals surface area (Å²) < 4.78 is 22.4. The van der Waals surface area contributed by atoms with Gasteiger partial charge in [-0.1, -0.05) is 29.8 Å². The van der Waals surface area contributed by atoms with Crippen molar-refractivity contribution in [1.82, 2.24) is 10.2 Å². The van der Waals surface area contributed by atoms with Crippen molar-refractivity contribution < 1.29 is 18.0 Å². The summed E-state index contributed by atoms with van der Waals surface area (Å²) in [5.74, 6) is -0.377. The first-order chi connectivity index (χ1) is 12.3. The Morgan fingerprint density at radius 2 is 1.88 bits per heavy atom. The van der Waals surface area contributed by atoms with Crippen LogP contribution in [0.25, 0.3) is 0 Å². The molecular formula is C17H16ClN3O4S. The number of hydrogen-bond acceptors (Lipinski definition) is 4. The van der Waals surface area contributed by atoms with Crippen LogP contribution in [0.3, 0.4) is 0 Å². The molecule has 9 heteroatoms. The smallest absolute Gasteiger partial charge is 0.324 e. The third-order valence-corrected chi connectivity index (χ3v) is 5.23. The van der Waals surface area contributed by atoms with Crippen LogP contribution in [0.15, 0.2) is 47.4 Å². The molecule has 3 N–H and O–H groups in total. The van der Waals surface area contributed by atoms with E-state index in [1.165, 1.54) is 12.1 Å². The zero-order valence-corrected chi connectivity index (χ0v) is 15.2. The van der Waals surface area contributed by atoms with Gasteiger partial charge in [-0.3, -0.25) is 9.69 Å². The predicted octanol–water partition coefficient (Wildman–Crippen LogP) is 1.90. The highest BCUT2D eigenvalue weighted by molar-refractivity contribution is 7.89. The number of amides is 3. The maximum Gasteiger partial charge on any atom is 0.324 e. The van der Waals surface area contributed by atoms with Gasteiger partial charge < -0.3 is 5.32 Å². The lowest BCUT2D eigenvalue weighted by molar-refractivity contribution is 0.0821. The number of halogens is 1. The first-order valence-electron chi connectivity index (χ1n) is 7.75. The number of hydrogen-bond donors (Lipinski definition) is 2. The van der Waals surface area contributed by atoms with Gasteiger partial charge in [0.2, 0.25) is 10.0 Å². The third-order valence-electron chi connectivity index (χ3n) is 4.06. The quantitative estimate of drug-likeness (QED) is 0.826. The fourth-order valence-corrected chi connectivity index (χ4v) is 3.38. The molecule has 0 unspecified atom stereocenters. The number of sulfonamides is 1. The average molecular weight is 394 g/mol. The van der Waals surface area contributed by atoms with Crippen LogP contribution in [0.1, 0.15) is 21.5 Å². The normalized spacial score (nSPS) is 13.6. The second kappa shape index (κ2) is 7.06. The standard InChI is InChI=1S/C17H16ClN3O4S/c18-13-4-3-12-10-21(16(22)15(12)9-13)17(23)20-8-7-11-1-5-14(6-2-11)26(19,24)25/h1-6,9H,7-8,10H2,(H,20,23)(H2,19,24,25). The average Bonchev–Trinajstić information content (AvgIpc) is 2.91. The van der Waals surface area contributed by atoms with E-state index in [1.807, 2.05) is 0 Å². The van der Waals surface area contributed by atoms with Crippen molar-refractivity contribution in [1.29, 1.82) is 0 Å². The van der Waals surface area contributed by atoms with Gasteiger partial charge >= 0.3 is 6.03 Å². The summed E-state index contributed by atoms with van der Waals surface area (Å²) in [6.45, 7) is 0.509. The van der Waals surface area contributed by atoms with E-state index in [0.29, 0.717) is 23.6 Å². The largest absolute Gasteiger partial charge is 0.337 e. The van der Waals surface area contributed by atoms with Crippen LogP contribution in [0.5, 0.6) is 0 Å². The fraction of sp³-hybridized carbons (Fsp3) is 0.176. The minimum atomic E-state index is -3.72. The van der Waals surface area contributed by atoms with E-state index < -0.39 is 16.1 Å². The van der Waals surface area contributed by atoms with Gasteiger partial charge in [-0.15, -0.1) is 0 Å². The van der Waals surface area contributed by atoms with Crippen molar-refractivity contribution in [2.75, 3.05) is 6.54 Å². The number of nitrogens with two attached hydrogens (primary N) is 1. The molecule has 0 spiro atoms. The Labute approximate surface area is 155 Å². The summed E-state index contributed by atoms with van der Waals surface area (Å²) in [4.78, 5) is 25.7. The SMILES string of the molecule is NS(=O)(=O)c1ccc(CCNC(=O)N2Cc3ccc(Cl)cc3C2=O)cc1. The Bertz CT molecular complexity index is 974. The van der Waals surface area contributed by atoms with Crippen LogP contribution < -0.4 is 10.5 Å². The first-order valence-corrected chi connectivity index (χ1v) is 9.68. The van der Waals surface area contributed by atoms with Crippen molar-refractivity contribution >= 4 is 33.6 Å². The molecule has 0 bridgehead atoms. The highest BCUT2D eigenvalue weighted by Crippen LogP contribution is 2.25. The third kappa shape index (κ3) is 3.87. The molecule has 0 atom stereocenters. The van der Waals surface area contributed by atoms with Crippen LogP contribution in [0.4, 0.5) is 4.79 Å². The molecule has 136 valence electrons. The highest BCUT2D eigenvalue weighted by atomic mass is 35.5. The first kappa shape index (κ1) is 18.4. The summed E-state index contributed by atoms with van der Waals surface area (Å²) in [5.41, 5.74) is 2.03. The van der Waals surface area contributed by atoms with Gasteiger partial charge in [0.05, 0.1) is 11.4 Å². The lowest BCUT2D eigenvalue weighted by Gasteiger charge is -2.14. The van der Waals surface area contributed by atoms with Gasteiger partial charge in [-0.25, -0.2) is 18.4 Å². The molecule has 26 heavy (non-hydrogen) atoms. The molecule has 0 radical (unpaired) electrons. The molecule has 7 nitrogen and oxygen atoms in total. The number of imide groups is 1. The lowest BCUT2D eigenvalue weighted by Crippen LogP contribution is -2.40. The van der Waals surface area contributed by atoms with Crippen LogP contribution in [0.2, 0.25) is 5.02 Å². The van der Waals surface area contributed by atoms with Gasteiger partial charge in [0.15, 0.2) is 0 Å². The van der Waals surface area contributed by atoms with E-state index in [0.717, 1.165) is 16.0 Å². The molecule has 0 fully saturated rings. The zero-order chi connectivity index (χ0) is 18.9. The number of urea groups is 1. The molecule has 1 aliphatic rings. The monoisotopic (exact) mass is 393 g/mol. The van der Waals surface area contributed by atoms with Crippen molar-refractivity contribution in [2.45, 2.75) is 17.9 Å². The van der Waals surface area contributed by atoms with Gasteiger partial charge in [-0.05, 0) is 41.8 Å². The predicted molar refractivity (Wildman–Crippen MR) is 96.2 cm³/mol. The number of benzene rings is 2. The molecule has 0 saturated carbocycles. The summed E-state index contributed by atoms with van der Waals surface area (Å²) in [6, 6.07) is 10.6. The topological polar surface area (TPSA) is 110 Å². The van der Waals surface area contributed by atoms with E-state index in [2.05, 4.69) is 5.32 Å². The molecule has 2 aromatic rings. The number of carbonyl (C=O) groups excluding carboxylic acids is 2. The number of nitrogens with one attached hydrogen (secondary N) is 1. The number of carbonyl (C=O) groups is 2. The Kier molecular flexibility index (Phi) is 4.99. The Morgan fingerprint density at radius 3 is 2.54 bits per heavy atom. The molecule has 0 aliphatic carbocycles. The molecule has 3 rings (SSSR count). The molecule has 0 aromatic heterocycles. The van der Waals surface area contributed by atoms with E-state index in [1.54, 1.807) is 30.3 Å². The number of nitrogens with zero attached hydrogens (tertiary/aromatic N) is 1. The Morgan fingerprint density at radius 1 is 1.19 bits per heavy atom. The van der Waals surface area contributed by atoms with Crippen LogP contribution in [-0.4, -0.2) is 31.8 Å². The van der Waals surface area contributed by atoms with Crippen molar-refractivity contribution in [3.8, 4) is 0 Å². The fourth-order valence-electron chi connectivity index (χ4n) is 2.69. The van der Waals surface area contributed by atoms with Crippen LogP contribution in [-0.2, 0) is 23.0 Å². The molecule has 3 amide bonds. The summed E-state index contributed by atoms with van der Waals surface area (Å²) in [7, 11) is -3.72. The van der Waals surface area contributed by atoms with Crippen LogP contribution >= 0.6 is 11.6 Å². The maximum absolute atomic E-state index is 12.3. The number of fused-ring (bicyclic) bond motifs is 1. The molecule has 0 saturated heterocycles. The number of rotatable bonds is 4. The van der Waals surface area contributed by atoms with Crippen LogP contribution in [0, 0.1) is 0 Å². The van der Waals surface area contributed by atoms with Crippen molar-refractivity contribution in [3.05, 3.63) is 64.2 Å².